The van der Waals surface area contributed by atoms with E-state index in [1.807, 2.05) is 0 Å². The Morgan fingerprint density at radius 2 is 2.12 bits per heavy atom. The summed E-state index contributed by atoms with van der Waals surface area (Å²) in [6.07, 6.45) is 0.647. The third-order valence-electron chi connectivity index (χ3n) is 5.69. The lowest BCUT2D eigenvalue weighted by molar-refractivity contribution is 0.139. The molecule has 2 bridgehead atoms. The molecule has 3 aromatic rings. The van der Waals surface area contributed by atoms with Gasteiger partial charge in [-0.1, -0.05) is 16.5 Å². The first-order valence-corrected chi connectivity index (χ1v) is 11.1. The Morgan fingerprint density at radius 3 is 2.88 bits per heavy atom. The molecule has 2 amide bonds. The predicted molar refractivity (Wildman–Crippen MR) is 116 cm³/mol. The molecule has 0 radical (unpaired) electrons. The van der Waals surface area contributed by atoms with Crippen LogP contribution in [0.4, 0.5) is 20.3 Å². The molecule has 1 fully saturated rings. The van der Waals surface area contributed by atoms with Crippen molar-refractivity contribution in [2.24, 2.45) is 0 Å². The third-order valence-corrected chi connectivity index (χ3v) is 6.81. The highest BCUT2D eigenvalue weighted by atomic mass is 32.1. The number of amides is 2. The Hall–Kier alpha value is -3.09. The van der Waals surface area contributed by atoms with Gasteiger partial charge in [-0.2, -0.15) is 4.98 Å². The molecule has 4 heterocycles. The van der Waals surface area contributed by atoms with Crippen molar-refractivity contribution < 1.29 is 18.8 Å². The van der Waals surface area contributed by atoms with Gasteiger partial charge < -0.3 is 19.8 Å². The number of thiazole rings is 1. The molecule has 32 heavy (non-hydrogen) atoms. The minimum atomic E-state index is -0.328. The zero-order valence-electron chi connectivity index (χ0n) is 17.3. The average Bonchev–Trinajstić information content (AvgIpc) is 3.41. The molecule has 0 spiro atoms. The number of halogens is 1. The van der Waals surface area contributed by atoms with Crippen molar-refractivity contribution in [1.82, 2.24) is 25.3 Å². The third kappa shape index (κ3) is 3.80. The molecule has 12 heteroatoms. The molecule has 2 atom stereocenters. The molecule has 0 unspecified atom stereocenters. The van der Waals surface area contributed by atoms with Gasteiger partial charge in [0.2, 0.25) is 5.82 Å². The summed E-state index contributed by atoms with van der Waals surface area (Å²) >= 11 is 1.43. The Labute approximate surface area is 187 Å². The highest BCUT2D eigenvalue weighted by molar-refractivity contribution is 7.16. The number of hydrogen-bond donors (Lipinski definition) is 3. The number of anilines is 2. The topological polar surface area (TPSA) is 120 Å². The van der Waals surface area contributed by atoms with Gasteiger partial charge in [-0.05, 0) is 24.3 Å². The maximum absolute atomic E-state index is 13.3. The maximum Gasteiger partial charge on any atom is 0.325 e. The van der Waals surface area contributed by atoms with E-state index in [-0.39, 0.29) is 30.5 Å². The second-order valence-corrected chi connectivity index (χ2v) is 8.74. The van der Waals surface area contributed by atoms with E-state index in [1.165, 1.54) is 23.5 Å². The number of nitrogens with zero attached hydrogens (tertiary/aromatic N) is 5. The van der Waals surface area contributed by atoms with Crippen LogP contribution >= 0.6 is 11.3 Å². The number of piperazine rings is 1. The molecule has 2 aliphatic rings. The number of benzene rings is 1. The van der Waals surface area contributed by atoms with Crippen LogP contribution in [0, 0.1) is 5.82 Å². The van der Waals surface area contributed by atoms with Gasteiger partial charge in [-0.3, -0.25) is 10.2 Å². The van der Waals surface area contributed by atoms with Crippen molar-refractivity contribution in [3.05, 3.63) is 40.7 Å². The van der Waals surface area contributed by atoms with Gasteiger partial charge in [-0.25, -0.2) is 14.2 Å². The number of rotatable bonds is 5. The number of aliphatic hydroxyl groups is 1. The molecule has 10 nitrogen and oxygen atoms in total. The van der Waals surface area contributed by atoms with Gasteiger partial charge >= 0.3 is 12.0 Å². The summed E-state index contributed by atoms with van der Waals surface area (Å²) < 4.78 is 18.9. The Morgan fingerprint density at radius 1 is 1.31 bits per heavy atom. The second-order valence-electron chi connectivity index (χ2n) is 7.71. The summed E-state index contributed by atoms with van der Waals surface area (Å²) in [5.74, 6) is 0.0632. The predicted octanol–water partition coefficient (Wildman–Crippen LogP) is 1.86. The number of nitrogens with one attached hydrogen (secondary N) is 2. The number of β-amino-alcohol motifs (C(OH)–C–C–N with tert-alkyl or cyclic N) is 1. The molecule has 168 valence electrons. The van der Waals surface area contributed by atoms with Gasteiger partial charge in [0.15, 0.2) is 5.13 Å². The SMILES string of the molecule is CNC(=O)Nc1nc2c(s1)[C@H]1CN(CCO)C[C@@H](C2)N1c1nc(-c2ccc(F)cc2)no1. The minimum Gasteiger partial charge on any atom is -0.395 e. The van der Waals surface area contributed by atoms with Gasteiger partial charge in [0.05, 0.1) is 29.3 Å². The van der Waals surface area contributed by atoms with E-state index in [4.69, 9.17) is 4.52 Å². The lowest BCUT2D eigenvalue weighted by Gasteiger charge is -2.48. The number of hydrogen-bond acceptors (Lipinski definition) is 9. The smallest absolute Gasteiger partial charge is 0.325 e. The Bertz CT molecular complexity index is 1120. The average molecular weight is 460 g/mol. The largest absolute Gasteiger partial charge is 0.395 e. The van der Waals surface area contributed by atoms with Crippen molar-refractivity contribution in [3.63, 3.8) is 0 Å². The Balaban J connectivity index is 1.48. The maximum atomic E-state index is 13.3. The minimum absolute atomic E-state index is 0.0178. The second kappa shape index (κ2) is 8.45. The molecule has 1 saturated heterocycles. The molecular formula is C20H22FN7O3S. The van der Waals surface area contributed by atoms with E-state index in [2.05, 4.69) is 35.6 Å². The standard InChI is InChI=1S/C20H22FN7O3S/c1-22-18(30)25-19-23-14-8-13-9-27(6-7-29)10-15(16(14)32-19)28(13)20-24-17(26-31-20)11-2-4-12(21)5-3-11/h2-5,13,15,29H,6-10H2,1H3,(H2,22,23,25,30)/t13-,15-/m1/s1. The van der Waals surface area contributed by atoms with E-state index in [0.29, 0.717) is 48.6 Å². The van der Waals surface area contributed by atoms with Crippen molar-refractivity contribution >= 4 is 28.5 Å². The van der Waals surface area contributed by atoms with Crippen LogP contribution in [0.1, 0.15) is 16.6 Å². The van der Waals surface area contributed by atoms with Crippen LogP contribution in [0.15, 0.2) is 28.8 Å². The summed E-state index contributed by atoms with van der Waals surface area (Å²) in [6, 6.07) is 5.93. The normalized spacial score (nSPS) is 20.2. The zero-order chi connectivity index (χ0) is 22.2. The fraction of sp³-hybridized carbons (Fsp3) is 0.400. The molecule has 0 saturated carbocycles. The summed E-state index contributed by atoms with van der Waals surface area (Å²) in [7, 11) is 1.55. The molecule has 2 aromatic heterocycles. The zero-order valence-corrected chi connectivity index (χ0v) is 18.1. The molecule has 3 N–H and O–H groups in total. The first kappa shape index (κ1) is 20.8. The van der Waals surface area contributed by atoms with E-state index in [9.17, 15) is 14.3 Å². The number of carbonyl (C=O) groups is 1. The van der Waals surface area contributed by atoms with Crippen LogP contribution in [0.25, 0.3) is 11.4 Å². The summed E-state index contributed by atoms with van der Waals surface area (Å²) in [4.78, 5) is 26.3. The van der Waals surface area contributed by atoms with E-state index < -0.39 is 0 Å². The van der Waals surface area contributed by atoms with Crippen molar-refractivity contribution in [2.45, 2.75) is 18.5 Å². The monoisotopic (exact) mass is 459 g/mol. The lowest BCUT2D eigenvalue weighted by atomic mass is 9.93. The van der Waals surface area contributed by atoms with E-state index in [0.717, 1.165) is 10.6 Å². The highest BCUT2D eigenvalue weighted by Gasteiger charge is 2.44. The number of aliphatic hydroxyl groups excluding tert-OH is 1. The van der Waals surface area contributed by atoms with E-state index in [1.54, 1.807) is 19.2 Å². The molecule has 5 rings (SSSR count). The first-order chi connectivity index (χ1) is 15.6. The van der Waals surface area contributed by atoms with Crippen LogP contribution < -0.4 is 15.5 Å². The number of carbonyl (C=O) groups excluding carboxylic acids is 1. The summed E-state index contributed by atoms with van der Waals surface area (Å²) in [6.45, 7) is 2.01. The fourth-order valence-electron chi connectivity index (χ4n) is 4.28. The number of urea groups is 1. The van der Waals surface area contributed by atoms with Gasteiger partial charge in [0.1, 0.15) is 5.82 Å². The summed E-state index contributed by atoms with van der Waals surface area (Å²) in [5, 5.41) is 19.4. The van der Waals surface area contributed by atoms with Crippen LogP contribution in [0.2, 0.25) is 0 Å². The number of fused-ring (bicyclic) bond motifs is 4. The highest BCUT2D eigenvalue weighted by Crippen LogP contribution is 2.43. The quantitative estimate of drug-likeness (QED) is 0.529. The lowest BCUT2D eigenvalue weighted by Crippen LogP contribution is -2.58. The van der Waals surface area contributed by atoms with Gasteiger partial charge in [-0.15, -0.1) is 0 Å². The van der Waals surface area contributed by atoms with Crippen molar-refractivity contribution in [3.8, 4) is 11.4 Å². The van der Waals surface area contributed by atoms with Crippen LogP contribution in [0.3, 0.4) is 0 Å². The molecule has 0 aliphatic carbocycles. The van der Waals surface area contributed by atoms with Crippen molar-refractivity contribution in [1.29, 1.82) is 0 Å². The van der Waals surface area contributed by atoms with E-state index >= 15 is 0 Å². The van der Waals surface area contributed by atoms with Crippen LogP contribution in [0.5, 0.6) is 0 Å². The summed E-state index contributed by atoms with van der Waals surface area (Å²) in [5.41, 5.74) is 1.62. The molecular weight excluding hydrogens is 437 g/mol. The van der Waals surface area contributed by atoms with Gasteiger partial charge in [0.25, 0.3) is 0 Å². The molecule has 2 aliphatic heterocycles. The Kier molecular flexibility index (Phi) is 5.49. The molecule has 1 aromatic carbocycles. The van der Waals surface area contributed by atoms with Crippen LogP contribution in [-0.2, 0) is 6.42 Å². The van der Waals surface area contributed by atoms with Gasteiger partial charge in [0, 0.05) is 38.7 Å². The number of aromatic nitrogens is 3. The van der Waals surface area contributed by atoms with Crippen LogP contribution in [-0.4, -0.2) is 70.5 Å². The fourth-order valence-corrected chi connectivity index (χ4v) is 5.35. The van der Waals surface area contributed by atoms with Crippen molar-refractivity contribution in [2.75, 3.05) is 43.5 Å². The first-order valence-electron chi connectivity index (χ1n) is 10.2.